The molecule has 40 heavy (non-hydrogen) atoms. The second-order valence-corrected chi connectivity index (χ2v) is 13.3. The monoisotopic (exact) mass is 567 g/mol. The summed E-state index contributed by atoms with van der Waals surface area (Å²) in [6.45, 7) is 3.75. The molecule has 0 atom stereocenters. The molecule has 3 N–H and O–H groups in total. The summed E-state index contributed by atoms with van der Waals surface area (Å²) in [5.74, 6) is -0.335. The number of nitrogens with zero attached hydrogens (tertiary/aromatic N) is 5. The molecule has 216 valence electrons. The Hall–Kier alpha value is -2.72. The van der Waals surface area contributed by atoms with Crippen molar-refractivity contribution in [1.29, 1.82) is 0 Å². The van der Waals surface area contributed by atoms with Gasteiger partial charge in [0, 0.05) is 22.9 Å². The Kier molecular flexibility index (Phi) is 8.66. The van der Waals surface area contributed by atoms with Crippen LogP contribution in [0.2, 0.25) is 0 Å². The van der Waals surface area contributed by atoms with Gasteiger partial charge in [0.1, 0.15) is 17.0 Å². The molecule has 0 unspecified atom stereocenters. The van der Waals surface area contributed by atoms with Crippen LogP contribution in [0.15, 0.2) is 29.2 Å². The highest BCUT2D eigenvalue weighted by atomic mass is 32.2. The summed E-state index contributed by atoms with van der Waals surface area (Å²) in [6.07, 6.45) is 15.2. The van der Waals surface area contributed by atoms with E-state index in [9.17, 15) is 9.18 Å². The van der Waals surface area contributed by atoms with Crippen LogP contribution >= 0.6 is 11.9 Å². The zero-order chi connectivity index (χ0) is 28.4. The normalized spacial score (nSPS) is 18.9. The molecule has 0 aliphatic heterocycles. The molecule has 0 amide bonds. The smallest absolute Gasteiger partial charge is 0.278 e. The first kappa shape index (κ1) is 28.8. The maximum Gasteiger partial charge on any atom is 0.278 e. The highest BCUT2D eigenvalue weighted by Crippen LogP contribution is 2.59. The van der Waals surface area contributed by atoms with Crippen molar-refractivity contribution in [3.63, 3.8) is 0 Å². The lowest BCUT2D eigenvalue weighted by Crippen LogP contribution is -2.44. The number of fused-ring (bicyclic) bond motifs is 1. The molecule has 3 aromatic rings. The predicted molar refractivity (Wildman–Crippen MR) is 163 cm³/mol. The van der Waals surface area contributed by atoms with Crippen molar-refractivity contribution in [3.05, 3.63) is 40.6 Å². The Labute approximate surface area is 240 Å². The van der Waals surface area contributed by atoms with Crippen molar-refractivity contribution in [3.8, 4) is 11.3 Å². The topological polar surface area (TPSA) is 102 Å². The molecular formula is C30H42FN7OS. The molecule has 10 heteroatoms. The SMILES string of the molecule is CC(C)n1c(=O)c(-c2ccc(NSC3CC4(CCC4)C3)c(F)c2)nc2cnc(N)nc21.CN(C)C1CCCCC1. The number of nitrogens with one attached hydrogen (secondary N) is 1. The highest BCUT2D eigenvalue weighted by Gasteiger charge is 2.48. The minimum Gasteiger partial charge on any atom is -0.368 e. The van der Waals surface area contributed by atoms with Crippen molar-refractivity contribution < 1.29 is 4.39 Å². The van der Waals surface area contributed by atoms with E-state index in [-0.39, 0.29) is 23.2 Å². The molecule has 1 spiro atoms. The zero-order valence-electron chi connectivity index (χ0n) is 24.1. The number of halogens is 1. The molecule has 0 saturated heterocycles. The Bertz CT molecular complexity index is 1390. The van der Waals surface area contributed by atoms with E-state index in [0.29, 0.717) is 33.1 Å². The molecule has 6 rings (SSSR count). The van der Waals surface area contributed by atoms with Crippen molar-refractivity contribution in [1.82, 2.24) is 24.4 Å². The van der Waals surface area contributed by atoms with Gasteiger partial charge in [0.25, 0.3) is 5.56 Å². The van der Waals surface area contributed by atoms with Crippen molar-refractivity contribution in [2.24, 2.45) is 5.41 Å². The van der Waals surface area contributed by atoms with E-state index in [0.717, 1.165) is 6.04 Å². The molecule has 3 saturated carbocycles. The second-order valence-electron chi connectivity index (χ2n) is 12.2. The Balaban J connectivity index is 0.000000306. The first-order valence-electron chi connectivity index (χ1n) is 14.6. The third-order valence-electron chi connectivity index (χ3n) is 8.79. The third kappa shape index (κ3) is 6.12. The van der Waals surface area contributed by atoms with Crippen LogP contribution in [0.25, 0.3) is 22.4 Å². The summed E-state index contributed by atoms with van der Waals surface area (Å²) in [5, 5.41) is 0.534. The standard InChI is InChI=1S/C22H25FN6OS.C8H17N/c1-12(2)29-19-17(11-25-21(24)27-19)26-18(20(29)30)13-4-5-16(15(23)8-13)28-31-14-9-22(10-14)6-3-7-22;1-9(2)8-6-4-3-5-7-8/h4-5,8,11-12,14,28H,3,6-7,9-10H2,1-2H3,(H2,24,25,27);8H,3-7H2,1-2H3. The van der Waals surface area contributed by atoms with E-state index >= 15 is 0 Å². The van der Waals surface area contributed by atoms with Crippen LogP contribution in [0.5, 0.6) is 0 Å². The minimum atomic E-state index is -0.409. The number of rotatable bonds is 6. The van der Waals surface area contributed by atoms with Crippen molar-refractivity contribution in [2.75, 3.05) is 24.6 Å². The number of nitrogen functional groups attached to an aromatic ring is 1. The predicted octanol–water partition coefficient (Wildman–Crippen LogP) is 6.43. The molecule has 2 aromatic heterocycles. The van der Waals surface area contributed by atoms with E-state index in [1.165, 1.54) is 81.0 Å². The summed E-state index contributed by atoms with van der Waals surface area (Å²) in [6, 6.07) is 5.46. The minimum absolute atomic E-state index is 0.0736. The maximum absolute atomic E-state index is 14.8. The van der Waals surface area contributed by atoms with E-state index in [1.54, 1.807) is 24.1 Å². The van der Waals surface area contributed by atoms with Crippen LogP contribution in [-0.2, 0) is 0 Å². The lowest BCUT2D eigenvalue weighted by molar-refractivity contribution is 0.0383. The molecule has 3 aliphatic rings. The largest absolute Gasteiger partial charge is 0.368 e. The van der Waals surface area contributed by atoms with Gasteiger partial charge >= 0.3 is 0 Å². The summed E-state index contributed by atoms with van der Waals surface area (Å²) in [7, 11) is 4.38. The van der Waals surface area contributed by atoms with Gasteiger partial charge in [0.05, 0.1) is 11.9 Å². The van der Waals surface area contributed by atoms with E-state index in [2.05, 4.69) is 38.7 Å². The fourth-order valence-corrected chi connectivity index (χ4v) is 7.58. The fraction of sp³-hybridized carbons (Fsp3) is 0.600. The first-order valence-corrected chi connectivity index (χ1v) is 15.5. The molecule has 1 aromatic carbocycles. The van der Waals surface area contributed by atoms with Crippen molar-refractivity contribution in [2.45, 2.75) is 95.4 Å². The molecule has 0 bridgehead atoms. The summed E-state index contributed by atoms with van der Waals surface area (Å²) in [4.78, 5) is 28.1. The Morgan fingerprint density at radius 3 is 2.42 bits per heavy atom. The summed E-state index contributed by atoms with van der Waals surface area (Å²) >= 11 is 1.60. The molecular weight excluding hydrogens is 525 g/mol. The van der Waals surface area contributed by atoms with E-state index < -0.39 is 5.82 Å². The molecule has 3 aliphatic carbocycles. The van der Waals surface area contributed by atoms with Gasteiger partial charge in [-0.3, -0.25) is 9.36 Å². The van der Waals surface area contributed by atoms with Crippen molar-refractivity contribution >= 4 is 34.7 Å². The van der Waals surface area contributed by atoms with E-state index in [1.807, 2.05) is 13.8 Å². The number of nitrogens with two attached hydrogens (primary N) is 1. The zero-order valence-corrected chi connectivity index (χ0v) is 24.9. The number of benzene rings is 1. The van der Waals surface area contributed by atoms with Gasteiger partial charge in [0.2, 0.25) is 5.95 Å². The lowest BCUT2D eigenvalue weighted by Gasteiger charge is -2.53. The number of anilines is 2. The van der Waals surface area contributed by atoms with Crippen LogP contribution in [0.1, 0.15) is 84.1 Å². The maximum atomic E-state index is 14.8. The van der Waals surface area contributed by atoms with Gasteiger partial charge in [-0.25, -0.2) is 14.4 Å². The Morgan fingerprint density at radius 1 is 1.12 bits per heavy atom. The average Bonchev–Trinajstić information content (AvgIpc) is 2.88. The van der Waals surface area contributed by atoms with E-state index in [4.69, 9.17) is 5.73 Å². The second kappa shape index (κ2) is 12.0. The Morgan fingerprint density at radius 2 is 1.85 bits per heavy atom. The third-order valence-corrected chi connectivity index (χ3v) is 9.79. The summed E-state index contributed by atoms with van der Waals surface area (Å²) in [5.41, 5.74) is 7.76. The number of aromatic nitrogens is 4. The molecule has 8 nitrogen and oxygen atoms in total. The molecule has 3 fully saturated rings. The number of hydrogen-bond donors (Lipinski definition) is 2. The van der Waals surface area contributed by atoms with Gasteiger partial charge in [-0.15, -0.1) is 0 Å². The van der Waals surface area contributed by atoms with Crippen LogP contribution in [0.4, 0.5) is 16.0 Å². The molecule has 0 radical (unpaired) electrons. The fourth-order valence-electron chi connectivity index (χ4n) is 6.25. The van der Waals surface area contributed by atoms with Gasteiger partial charge < -0.3 is 15.4 Å². The highest BCUT2D eigenvalue weighted by molar-refractivity contribution is 8.01. The van der Waals surface area contributed by atoms with Crippen LogP contribution < -0.4 is 16.0 Å². The van der Waals surface area contributed by atoms with Gasteiger partial charge in [-0.2, -0.15) is 4.98 Å². The molecule has 2 heterocycles. The first-order chi connectivity index (χ1) is 19.2. The van der Waals surface area contributed by atoms with Crippen LogP contribution in [0.3, 0.4) is 0 Å². The van der Waals surface area contributed by atoms with Gasteiger partial charge in [-0.1, -0.05) is 31.7 Å². The van der Waals surface area contributed by atoms with Crippen LogP contribution in [-0.4, -0.2) is 49.8 Å². The average molecular weight is 568 g/mol. The summed E-state index contributed by atoms with van der Waals surface area (Å²) < 4.78 is 19.5. The lowest BCUT2D eigenvalue weighted by atomic mass is 9.56. The quantitative estimate of drug-likeness (QED) is 0.329. The van der Waals surface area contributed by atoms with Gasteiger partial charge in [0.15, 0.2) is 5.65 Å². The van der Waals surface area contributed by atoms with Gasteiger partial charge in [-0.05, 0) is 96.0 Å². The number of hydrogen-bond acceptors (Lipinski definition) is 8. The van der Waals surface area contributed by atoms with Crippen LogP contribution in [0, 0.1) is 11.2 Å².